The van der Waals surface area contributed by atoms with Crippen molar-refractivity contribution in [1.82, 2.24) is 4.90 Å². The highest BCUT2D eigenvalue weighted by molar-refractivity contribution is 5.89. The topological polar surface area (TPSA) is 29.5 Å². The molecule has 120 valence electrons. The second kappa shape index (κ2) is 7.93. The van der Waals surface area contributed by atoms with Gasteiger partial charge in [0.15, 0.2) is 0 Å². The van der Waals surface area contributed by atoms with Gasteiger partial charge in [-0.05, 0) is 49.2 Å². The fourth-order valence-electron chi connectivity index (χ4n) is 3.01. The van der Waals surface area contributed by atoms with Gasteiger partial charge in [0.1, 0.15) is 6.61 Å². The standard InChI is InChI=1S/C20H23NO2/c22-20(17-9-3-1-4-10-17)23-16-19-12-6-5-11-18(19)15-21-13-7-2-8-14-21/h1,3-6,9-12H,2,7-8,13-16H2. The Morgan fingerprint density at radius 1 is 0.870 bits per heavy atom. The first-order valence-corrected chi connectivity index (χ1v) is 8.34. The Balaban J connectivity index is 1.62. The number of likely N-dealkylation sites (tertiary alicyclic amines) is 1. The molecular formula is C20H23NO2. The molecule has 0 saturated carbocycles. The number of carbonyl (C=O) groups excluding carboxylic acids is 1. The van der Waals surface area contributed by atoms with E-state index in [-0.39, 0.29) is 5.97 Å². The van der Waals surface area contributed by atoms with Crippen LogP contribution in [-0.4, -0.2) is 24.0 Å². The molecular weight excluding hydrogens is 286 g/mol. The van der Waals surface area contributed by atoms with Crippen LogP contribution in [0, 0.1) is 0 Å². The molecule has 0 radical (unpaired) electrons. The summed E-state index contributed by atoms with van der Waals surface area (Å²) in [5.41, 5.74) is 2.96. The van der Waals surface area contributed by atoms with Gasteiger partial charge in [0, 0.05) is 6.54 Å². The molecule has 1 aliphatic heterocycles. The third-order valence-corrected chi connectivity index (χ3v) is 4.33. The molecule has 0 bridgehead atoms. The minimum Gasteiger partial charge on any atom is -0.457 e. The van der Waals surface area contributed by atoms with Gasteiger partial charge < -0.3 is 4.74 Å². The summed E-state index contributed by atoms with van der Waals surface area (Å²) in [4.78, 5) is 14.6. The largest absolute Gasteiger partial charge is 0.457 e. The predicted octanol–water partition coefficient (Wildman–Crippen LogP) is 4.03. The summed E-state index contributed by atoms with van der Waals surface area (Å²) in [7, 11) is 0. The molecule has 0 atom stereocenters. The molecule has 3 nitrogen and oxygen atoms in total. The lowest BCUT2D eigenvalue weighted by Crippen LogP contribution is -2.29. The third kappa shape index (κ3) is 4.42. The molecule has 0 aliphatic carbocycles. The van der Waals surface area contributed by atoms with Crippen molar-refractivity contribution >= 4 is 5.97 Å². The first kappa shape index (κ1) is 15.8. The normalized spacial score (nSPS) is 15.3. The van der Waals surface area contributed by atoms with Crippen molar-refractivity contribution in [3.8, 4) is 0 Å². The summed E-state index contributed by atoms with van der Waals surface area (Å²) in [5.74, 6) is -0.265. The van der Waals surface area contributed by atoms with Crippen molar-refractivity contribution in [3.05, 3.63) is 71.3 Å². The van der Waals surface area contributed by atoms with Crippen LogP contribution in [0.2, 0.25) is 0 Å². The number of rotatable bonds is 5. The second-order valence-electron chi connectivity index (χ2n) is 6.05. The average molecular weight is 309 g/mol. The molecule has 0 spiro atoms. The zero-order chi connectivity index (χ0) is 15.9. The molecule has 1 saturated heterocycles. The maximum atomic E-state index is 12.1. The van der Waals surface area contributed by atoms with Crippen LogP contribution in [0.25, 0.3) is 0 Å². The van der Waals surface area contributed by atoms with Crippen LogP contribution >= 0.6 is 0 Å². The molecule has 23 heavy (non-hydrogen) atoms. The van der Waals surface area contributed by atoms with Crippen LogP contribution in [0.5, 0.6) is 0 Å². The van der Waals surface area contributed by atoms with Crippen LogP contribution in [0.15, 0.2) is 54.6 Å². The van der Waals surface area contributed by atoms with E-state index in [1.165, 1.54) is 24.8 Å². The molecule has 1 fully saturated rings. The van der Waals surface area contributed by atoms with Crippen molar-refractivity contribution in [2.45, 2.75) is 32.4 Å². The van der Waals surface area contributed by atoms with Crippen LogP contribution in [-0.2, 0) is 17.9 Å². The lowest BCUT2D eigenvalue weighted by molar-refractivity contribution is 0.0471. The summed E-state index contributed by atoms with van der Waals surface area (Å²) >= 11 is 0. The van der Waals surface area contributed by atoms with E-state index in [0.717, 1.165) is 25.2 Å². The van der Waals surface area contributed by atoms with E-state index in [9.17, 15) is 4.79 Å². The summed E-state index contributed by atoms with van der Waals surface area (Å²) in [5, 5.41) is 0. The third-order valence-electron chi connectivity index (χ3n) is 4.33. The predicted molar refractivity (Wildman–Crippen MR) is 91.1 cm³/mol. The Morgan fingerprint density at radius 2 is 1.52 bits per heavy atom. The molecule has 3 rings (SSSR count). The number of piperidine rings is 1. The molecule has 2 aromatic carbocycles. The summed E-state index contributed by atoms with van der Waals surface area (Å²) in [6.45, 7) is 3.60. The molecule has 0 aromatic heterocycles. The van der Waals surface area contributed by atoms with E-state index >= 15 is 0 Å². The highest BCUT2D eigenvalue weighted by Gasteiger charge is 2.13. The maximum Gasteiger partial charge on any atom is 0.338 e. The Bertz CT molecular complexity index is 633. The maximum absolute atomic E-state index is 12.1. The van der Waals surface area contributed by atoms with Crippen LogP contribution in [0.4, 0.5) is 0 Å². The number of carbonyl (C=O) groups is 1. The average Bonchev–Trinajstić information content (AvgIpc) is 2.62. The molecule has 0 N–H and O–H groups in total. The number of hydrogen-bond acceptors (Lipinski definition) is 3. The quantitative estimate of drug-likeness (QED) is 0.781. The van der Waals surface area contributed by atoms with Gasteiger partial charge in [-0.15, -0.1) is 0 Å². The monoisotopic (exact) mass is 309 g/mol. The van der Waals surface area contributed by atoms with Gasteiger partial charge in [0.25, 0.3) is 0 Å². The van der Waals surface area contributed by atoms with Crippen molar-refractivity contribution in [2.24, 2.45) is 0 Å². The van der Waals surface area contributed by atoms with Crippen molar-refractivity contribution in [2.75, 3.05) is 13.1 Å². The summed E-state index contributed by atoms with van der Waals surface area (Å²) in [6, 6.07) is 17.4. The van der Waals surface area contributed by atoms with E-state index in [1.807, 2.05) is 24.3 Å². The Kier molecular flexibility index (Phi) is 5.43. The Hall–Kier alpha value is -2.13. The lowest BCUT2D eigenvalue weighted by Gasteiger charge is -2.27. The zero-order valence-corrected chi connectivity index (χ0v) is 13.4. The van der Waals surface area contributed by atoms with Crippen molar-refractivity contribution in [1.29, 1.82) is 0 Å². The second-order valence-corrected chi connectivity index (χ2v) is 6.05. The molecule has 1 aliphatic rings. The molecule has 2 aromatic rings. The zero-order valence-electron chi connectivity index (χ0n) is 13.4. The van der Waals surface area contributed by atoms with Gasteiger partial charge in [-0.25, -0.2) is 4.79 Å². The first-order valence-electron chi connectivity index (χ1n) is 8.34. The van der Waals surface area contributed by atoms with Gasteiger partial charge in [0.2, 0.25) is 0 Å². The number of nitrogens with zero attached hydrogens (tertiary/aromatic N) is 1. The van der Waals surface area contributed by atoms with E-state index in [0.29, 0.717) is 12.2 Å². The number of ether oxygens (including phenoxy) is 1. The summed E-state index contributed by atoms with van der Waals surface area (Å²) in [6.07, 6.45) is 3.91. The lowest BCUT2D eigenvalue weighted by atomic mass is 10.1. The van der Waals surface area contributed by atoms with E-state index < -0.39 is 0 Å². The highest BCUT2D eigenvalue weighted by atomic mass is 16.5. The van der Waals surface area contributed by atoms with Gasteiger partial charge in [-0.1, -0.05) is 48.9 Å². The van der Waals surface area contributed by atoms with Gasteiger partial charge in [-0.2, -0.15) is 0 Å². The highest BCUT2D eigenvalue weighted by Crippen LogP contribution is 2.17. The molecule has 3 heteroatoms. The molecule has 0 amide bonds. The minimum atomic E-state index is -0.265. The van der Waals surface area contributed by atoms with E-state index in [2.05, 4.69) is 23.1 Å². The molecule has 0 unspecified atom stereocenters. The van der Waals surface area contributed by atoms with Gasteiger partial charge >= 0.3 is 5.97 Å². The molecule has 1 heterocycles. The smallest absolute Gasteiger partial charge is 0.338 e. The number of hydrogen-bond donors (Lipinski definition) is 0. The first-order chi connectivity index (χ1) is 11.3. The number of benzene rings is 2. The van der Waals surface area contributed by atoms with Crippen molar-refractivity contribution in [3.63, 3.8) is 0 Å². The number of esters is 1. The van der Waals surface area contributed by atoms with Crippen LogP contribution < -0.4 is 0 Å². The Morgan fingerprint density at radius 3 is 2.26 bits per heavy atom. The van der Waals surface area contributed by atoms with Gasteiger partial charge in [0.05, 0.1) is 5.56 Å². The SMILES string of the molecule is O=C(OCc1ccccc1CN1CCCCC1)c1ccccc1. The fourth-order valence-corrected chi connectivity index (χ4v) is 3.01. The Labute approximate surface area is 137 Å². The van der Waals surface area contributed by atoms with Crippen LogP contribution in [0.1, 0.15) is 40.7 Å². The van der Waals surface area contributed by atoms with E-state index in [4.69, 9.17) is 4.74 Å². The summed E-state index contributed by atoms with van der Waals surface area (Å²) < 4.78 is 5.49. The van der Waals surface area contributed by atoms with E-state index in [1.54, 1.807) is 12.1 Å². The fraction of sp³-hybridized carbons (Fsp3) is 0.350. The minimum absolute atomic E-state index is 0.265. The van der Waals surface area contributed by atoms with Crippen LogP contribution in [0.3, 0.4) is 0 Å². The van der Waals surface area contributed by atoms with Crippen molar-refractivity contribution < 1.29 is 9.53 Å². The van der Waals surface area contributed by atoms with Gasteiger partial charge in [-0.3, -0.25) is 4.90 Å².